The number of ether oxygens (including phenoxy) is 2. The SMILES string of the molecule is NC1CCC2(CC1N1CCN(C3CC3)CC1)OCCO2. The molecule has 0 aromatic rings. The van der Waals surface area contributed by atoms with Crippen molar-refractivity contribution in [1.82, 2.24) is 9.80 Å². The monoisotopic (exact) mass is 281 g/mol. The highest BCUT2D eigenvalue weighted by Crippen LogP contribution is 2.38. The fourth-order valence-corrected chi connectivity index (χ4v) is 4.18. The molecular formula is C15H27N3O2. The van der Waals surface area contributed by atoms with E-state index in [1.165, 1.54) is 25.9 Å². The molecule has 0 amide bonds. The van der Waals surface area contributed by atoms with Gasteiger partial charge in [-0.3, -0.25) is 9.80 Å². The summed E-state index contributed by atoms with van der Waals surface area (Å²) in [4.78, 5) is 5.25. The summed E-state index contributed by atoms with van der Waals surface area (Å²) in [5, 5.41) is 0. The van der Waals surface area contributed by atoms with Crippen LogP contribution in [0.5, 0.6) is 0 Å². The lowest BCUT2D eigenvalue weighted by atomic mass is 9.85. The minimum atomic E-state index is -0.311. The van der Waals surface area contributed by atoms with E-state index < -0.39 is 0 Å². The Bertz CT molecular complexity index is 347. The minimum absolute atomic E-state index is 0.279. The fourth-order valence-electron chi connectivity index (χ4n) is 4.18. The van der Waals surface area contributed by atoms with Crippen molar-refractivity contribution in [2.75, 3.05) is 39.4 Å². The first kappa shape index (κ1) is 13.5. The largest absolute Gasteiger partial charge is 0.347 e. The zero-order valence-electron chi connectivity index (χ0n) is 12.3. The third kappa shape index (κ3) is 2.50. The molecule has 0 aromatic heterocycles. The second-order valence-corrected chi connectivity index (χ2v) is 6.88. The Kier molecular flexibility index (Phi) is 3.51. The molecule has 2 saturated carbocycles. The summed E-state index contributed by atoms with van der Waals surface area (Å²) in [7, 11) is 0. The van der Waals surface area contributed by atoms with Gasteiger partial charge in [0.25, 0.3) is 0 Å². The van der Waals surface area contributed by atoms with E-state index in [-0.39, 0.29) is 11.8 Å². The van der Waals surface area contributed by atoms with Gasteiger partial charge >= 0.3 is 0 Å². The number of piperazine rings is 1. The van der Waals surface area contributed by atoms with Gasteiger partial charge < -0.3 is 15.2 Å². The minimum Gasteiger partial charge on any atom is -0.347 e. The molecule has 5 heteroatoms. The van der Waals surface area contributed by atoms with Crippen molar-refractivity contribution < 1.29 is 9.47 Å². The Labute approximate surface area is 121 Å². The van der Waals surface area contributed by atoms with E-state index in [1.54, 1.807) is 0 Å². The number of hydrogen-bond donors (Lipinski definition) is 1. The summed E-state index contributed by atoms with van der Waals surface area (Å²) in [6, 6.07) is 1.61. The Morgan fingerprint density at radius 3 is 2.20 bits per heavy atom. The Morgan fingerprint density at radius 2 is 1.55 bits per heavy atom. The van der Waals surface area contributed by atoms with Gasteiger partial charge in [-0.2, -0.15) is 0 Å². The van der Waals surface area contributed by atoms with Crippen molar-refractivity contribution >= 4 is 0 Å². The van der Waals surface area contributed by atoms with Crippen LogP contribution in [0.4, 0.5) is 0 Å². The number of nitrogens with two attached hydrogens (primary N) is 1. The van der Waals surface area contributed by atoms with Crippen molar-refractivity contribution in [3.63, 3.8) is 0 Å². The lowest BCUT2D eigenvalue weighted by molar-refractivity contribution is -0.193. The highest BCUT2D eigenvalue weighted by atomic mass is 16.7. The van der Waals surface area contributed by atoms with Crippen LogP contribution >= 0.6 is 0 Å². The molecule has 2 unspecified atom stereocenters. The molecule has 0 aromatic carbocycles. The topological polar surface area (TPSA) is 51.0 Å². The molecule has 0 bridgehead atoms. The summed E-state index contributed by atoms with van der Waals surface area (Å²) in [6.07, 6.45) is 5.76. The third-order valence-corrected chi connectivity index (χ3v) is 5.57. The molecule has 4 fully saturated rings. The van der Waals surface area contributed by atoms with E-state index in [2.05, 4.69) is 9.80 Å². The zero-order valence-corrected chi connectivity index (χ0v) is 12.3. The second-order valence-electron chi connectivity index (χ2n) is 6.88. The molecule has 4 rings (SSSR count). The van der Waals surface area contributed by atoms with Crippen LogP contribution in [0.3, 0.4) is 0 Å². The molecule has 4 aliphatic rings. The lowest BCUT2D eigenvalue weighted by Crippen LogP contribution is -2.60. The van der Waals surface area contributed by atoms with Gasteiger partial charge in [0, 0.05) is 57.1 Å². The van der Waals surface area contributed by atoms with Crippen LogP contribution in [0.15, 0.2) is 0 Å². The van der Waals surface area contributed by atoms with E-state index in [0.717, 1.165) is 51.6 Å². The maximum Gasteiger partial charge on any atom is 0.170 e. The van der Waals surface area contributed by atoms with Crippen LogP contribution in [0.1, 0.15) is 32.1 Å². The summed E-state index contributed by atoms with van der Waals surface area (Å²) >= 11 is 0. The molecule has 0 radical (unpaired) electrons. The van der Waals surface area contributed by atoms with Crippen molar-refractivity contribution in [3.8, 4) is 0 Å². The summed E-state index contributed by atoms with van der Waals surface area (Å²) in [5.41, 5.74) is 6.40. The molecule has 2 atom stereocenters. The zero-order chi connectivity index (χ0) is 13.6. The molecule has 1 spiro atoms. The quantitative estimate of drug-likeness (QED) is 0.793. The van der Waals surface area contributed by atoms with Crippen molar-refractivity contribution in [2.24, 2.45) is 5.73 Å². The average molecular weight is 281 g/mol. The normalized spacial score (nSPS) is 39.5. The molecule has 2 saturated heterocycles. The summed E-state index contributed by atoms with van der Waals surface area (Å²) < 4.78 is 11.8. The Morgan fingerprint density at radius 1 is 0.900 bits per heavy atom. The van der Waals surface area contributed by atoms with Crippen molar-refractivity contribution in [2.45, 2.75) is 56.0 Å². The first-order valence-electron chi connectivity index (χ1n) is 8.27. The standard InChI is InChI=1S/C15H27N3O2/c16-13-3-4-15(19-9-10-20-15)11-14(13)18-7-5-17(6-8-18)12-1-2-12/h12-14H,1-11,16H2. The third-order valence-electron chi connectivity index (χ3n) is 5.57. The molecule has 20 heavy (non-hydrogen) atoms. The molecular weight excluding hydrogens is 254 g/mol. The lowest BCUT2D eigenvalue weighted by Gasteiger charge is -2.47. The van der Waals surface area contributed by atoms with Gasteiger partial charge in [-0.1, -0.05) is 0 Å². The number of hydrogen-bond acceptors (Lipinski definition) is 5. The number of rotatable bonds is 2. The van der Waals surface area contributed by atoms with Gasteiger partial charge in [0.05, 0.1) is 13.2 Å². The highest BCUT2D eigenvalue weighted by Gasteiger charge is 2.46. The van der Waals surface area contributed by atoms with Gasteiger partial charge in [0.1, 0.15) is 0 Å². The van der Waals surface area contributed by atoms with Gasteiger partial charge in [-0.15, -0.1) is 0 Å². The molecule has 5 nitrogen and oxygen atoms in total. The van der Waals surface area contributed by atoms with Crippen LogP contribution in [0.25, 0.3) is 0 Å². The molecule has 114 valence electrons. The maximum atomic E-state index is 6.40. The van der Waals surface area contributed by atoms with Crippen LogP contribution in [-0.2, 0) is 9.47 Å². The van der Waals surface area contributed by atoms with Gasteiger partial charge in [0.15, 0.2) is 5.79 Å². The van der Waals surface area contributed by atoms with E-state index >= 15 is 0 Å². The highest BCUT2D eigenvalue weighted by molar-refractivity contribution is 4.97. The van der Waals surface area contributed by atoms with Crippen LogP contribution < -0.4 is 5.73 Å². The summed E-state index contributed by atoms with van der Waals surface area (Å²) in [5.74, 6) is -0.311. The second kappa shape index (κ2) is 5.21. The van der Waals surface area contributed by atoms with Crippen LogP contribution in [0, 0.1) is 0 Å². The van der Waals surface area contributed by atoms with Gasteiger partial charge in [0.2, 0.25) is 0 Å². The van der Waals surface area contributed by atoms with E-state index in [9.17, 15) is 0 Å². The first-order valence-corrected chi connectivity index (χ1v) is 8.27. The molecule has 2 aliphatic heterocycles. The maximum absolute atomic E-state index is 6.40. The van der Waals surface area contributed by atoms with Gasteiger partial charge in [-0.25, -0.2) is 0 Å². The Balaban J connectivity index is 1.38. The van der Waals surface area contributed by atoms with E-state index in [0.29, 0.717) is 6.04 Å². The van der Waals surface area contributed by atoms with Gasteiger partial charge in [-0.05, 0) is 19.3 Å². The predicted octanol–water partition coefficient (Wildman–Crippen LogP) is 0.389. The molecule has 2 N–H and O–H groups in total. The molecule has 2 aliphatic carbocycles. The van der Waals surface area contributed by atoms with E-state index in [1.807, 2.05) is 0 Å². The van der Waals surface area contributed by atoms with Crippen molar-refractivity contribution in [3.05, 3.63) is 0 Å². The smallest absolute Gasteiger partial charge is 0.170 e. The average Bonchev–Trinajstić information content (AvgIpc) is 3.24. The fraction of sp³-hybridized carbons (Fsp3) is 1.00. The van der Waals surface area contributed by atoms with Crippen molar-refractivity contribution in [1.29, 1.82) is 0 Å². The first-order chi connectivity index (χ1) is 9.76. The van der Waals surface area contributed by atoms with E-state index in [4.69, 9.17) is 15.2 Å². The predicted molar refractivity (Wildman–Crippen MR) is 76.4 cm³/mol. The van der Waals surface area contributed by atoms with Crippen LogP contribution in [-0.4, -0.2) is 73.1 Å². The molecule has 2 heterocycles. The summed E-state index contributed by atoms with van der Waals surface area (Å²) in [6.45, 7) is 6.23. The van der Waals surface area contributed by atoms with Crippen LogP contribution in [0.2, 0.25) is 0 Å². The number of nitrogens with zero attached hydrogens (tertiary/aromatic N) is 2. The Hall–Kier alpha value is -0.200.